The molecule has 0 radical (unpaired) electrons. The van der Waals surface area contributed by atoms with Crippen LogP contribution in [-0.2, 0) is 13.3 Å². The third kappa shape index (κ3) is 1.48. The Kier molecular flexibility index (Phi) is 2.16. The van der Waals surface area contributed by atoms with E-state index in [1.165, 1.54) is 11.3 Å². The average molecular weight is 148 g/mol. The van der Waals surface area contributed by atoms with Crippen LogP contribution in [0.2, 0.25) is 0 Å². The molecule has 0 saturated carbocycles. The van der Waals surface area contributed by atoms with E-state index in [-0.39, 0.29) is 0 Å². The molecule has 0 N–H and O–H groups in total. The molecule has 3 heteroatoms. The van der Waals surface area contributed by atoms with Crippen molar-refractivity contribution >= 4 is 11.3 Å². The standard InChI is InChI=1S/C6H6F2S/c7-3-5-1-2-6(4-8)9-5/h1-2H,3-4H2. The molecule has 50 valence electrons. The van der Waals surface area contributed by atoms with Crippen molar-refractivity contribution in [1.82, 2.24) is 0 Å². The molecular formula is C6H6F2S. The van der Waals surface area contributed by atoms with Gasteiger partial charge in [-0.3, -0.25) is 0 Å². The van der Waals surface area contributed by atoms with E-state index in [1.807, 2.05) is 0 Å². The van der Waals surface area contributed by atoms with Gasteiger partial charge in [0.15, 0.2) is 0 Å². The number of hydrogen-bond acceptors (Lipinski definition) is 1. The van der Waals surface area contributed by atoms with Crippen molar-refractivity contribution in [2.45, 2.75) is 13.3 Å². The summed E-state index contributed by atoms with van der Waals surface area (Å²) in [4.78, 5) is 1.20. The molecule has 1 rings (SSSR count). The van der Waals surface area contributed by atoms with Gasteiger partial charge in [-0.05, 0) is 12.1 Å². The Morgan fingerprint density at radius 3 is 1.78 bits per heavy atom. The van der Waals surface area contributed by atoms with Gasteiger partial charge < -0.3 is 0 Å². The van der Waals surface area contributed by atoms with Crippen molar-refractivity contribution < 1.29 is 8.78 Å². The van der Waals surface area contributed by atoms with Gasteiger partial charge in [-0.1, -0.05) is 0 Å². The molecule has 1 aromatic heterocycles. The summed E-state index contributed by atoms with van der Waals surface area (Å²) >= 11 is 1.18. The summed E-state index contributed by atoms with van der Waals surface area (Å²) in [5.41, 5.74) is 0. The highest BCUT2D eigenvalue weighted by atomic mass is 32.1. The Balaban J connectivity index is 2.74. The predicted molar refractivity (Wildman–Crippen MR) is 33.9 cm³/mol. The lowest BCUT2D eigenvalue weighted by Gasteiger charge is -1.80. The summed E-state index contributed by atoms with van der Waals surface area (Å²) < 4.78 is 23.5. The molecule has 0 aliphatic carbocycles. The smallest absolute Gasteiger partial charge is 0.124 e. The Morgan fingerprint density at radius 2 is 1.56 bits per heavy atom. The molecule has 0 aliphatic heterocycles. The van der Waals surface area contributed by atoms with Crippen molar-refractivity contribution in [2.75, 3.05) is 0 Å². The van der Waals surface area contributed by atoms with Crippen LogP contribution in [0.4, 0.5) is 8.78 Å². The monoisotopic (exact) mass is 148 g/mol. The van der Waals surface area contributed by atoms with Crippen LogP contribution in [-0.4, -0.2) is 0 Å². The van der Waals surface area contributed by atoms with Gasteiger partial charge in [0.25, 0.3) is 0 Å². The largest absolute Gasteiger partial charge is 0.245 e. The predicted octanol–water partition coefficient (Wildman–Crippen LogP) is 2.69. The summed E-state index contributed by atoms with van der Waals surface area (Å²) in [5.74, 6) is 0. The lowest BCUT2D eigenvalue weighted by atomic mass is 10.4. The molecule has 0 saturated heterocycles. The molecule has 0 aromatic carbocycles. The van der Waals surface area contributed by atoms with E-state index in [0.717, 1.165) is 0 Å². The maximum Gasteiger partial charge on any atom is 0.124 e. The number of halogens is 2. The highest BCUT2D eigenvalue weighted by Crippen LogP contribution is 2.17. The Labute approximate surface area is 56.1 Å². The topological polar surface area (TPSA) is 0 Å². The Morgan fingerprint density at radius 1 is 1.11 bits per heavy atom. The minimum Gasteiger partial charge on any atom is -0.245 e. The maximum atomic E-state index is 11.8. The van der Waals surface area contributed by atoms with Gasteiger partial charge in [-0.15, -0.1) is 11.3 Å². The molecule has 0 unspecified atom stereocenters. The Hall–Kier alpha value is -0.440. The quantitative estimate of drug-likeness (QED) is 0.604. The van der Waals surface area contributed by atoms with Gasteiger partial charge in [0.1, 0.15) is 13.3 Å². The third-order valence-corrected chi connectivity index (χ3v) is 2.00. The normalized spacial score (nSPS) is 10.0. The second-order valence-electron chi connectivity index (χ2n) is 1.64. The fourth-order valence-electron chi connectivity index (χ4n) is 0.566. The second-order valence-corrected chi connectivity index (χ2v) is 2.89. The average Bonchev–Trinajstić information content (AvgIpc) is 2.34. The number of hydrogen-bond donors (Lipinski definition) is 0. The number of thiophene rings is 1. The first-order valence-electron chi connectivity index (χ1n) is 2.56. The fraction of sp³-hybridized carbons (Fsp3) is 0.333. The fourth-order valence-corrected chi connectivity index (χ4v) is 1.28. The van der Waals surface area contributed by atoms with E-state index >= 15 is 0 Å². The van der Waals surface area contributed by atoms with Crippen LogP contribution in [0.25, 0.3) is 0 Å². The van der Waals surface area contributed by atoms with E-state index in [1.54, 1.807) is 12.1 Å². The molecular weight excluding hydrogens is 142 g/mol. The van der Waals surface area contributed by atoms with Gasteiger partial charge in [-0.2, -0.15) is 0 Å². The summed E-state index contributed by atoms with van der Waals surface area (Å²) in [6.45, 7) is -0.963. The van der Waals surface area contributed by atoms with E-state index < -0.39 is 13.3 Å². The molecule has 0 aliphatic rings. The van der Waals surface area contributed by atoms with E-state index in [9.17, 15) is 8.78 Å². The maximum absolute atomic E-state index is 11.8. The zero-order valence-corrected chi connectivity index (χ0v) is 5.55. The van der Waals surface area contributed by atoms with Crippen molar-refractivity contribution in [3.63, 3.8) is 0 Å². The summed E-state index contributed by atoms with van der Waals surface area (Å²) in [7, 11) is 0. The van der Waals surface area contributed by atoms with Crippen molar-refractivity contribution in [3.8, 4) is 0 Å². The summed E-state index contributed by atoms with van der Waals surface area (Å²) in [6.07, 6.45) is 0. The minimum atomic E-state index is -0.481. The highest BCUT2D eigenvalue weighted by molar-refractivity contribution is 7.11. The van der Waals surface area contributed by atoms with Crippen molar-refractivity contribution in [2.24, 2.45) is 0 Å². The zero-order valence-electron chi connectivity index (χ0n) is 4.73. The van der Waals surface area contributed by atoms with Gasteiger partial charge >= 0.3 is 0 Å². The summed E-state index contributed by atoms with van der Waals surface area (Å²) in [6, 6.07) is 3.22. The zero-order chi connectivity index (χ0) is 6.69. The van der Waals surface area contributed by atoms with Crippen molar-refractivity contribution in [3.05, 3.63) is 21.9 Å². The summed E-state index contributed by atoms with van der Waals surface area (Å²) in [5, 5.41) is 0. The first-order chi connectivity index (χ1) is 4.36. The van der Waals surface area contributed by atoms with Crippen LogP contribution in [0.5, 0.6) is 0 Å². The lowest BCUT2D eigenvalue weighted by Crippen LogP contribution is -1.63. The SMILES string of the molecule is FCc1ccc(CF)s1. The number of rotatable bonds is 2. The molecule has 1 aromatic rings. The first kappa shape index (κ1) is 6.68. The first-order valence-corrected chi connectivity index (χ1v) is 3.38. The van der Waals surface area contributed by atoms with Gasteiger partial charge in [0, 0.05) is 9.75 Å². The second kappa shape index (κ2) is 2.92. The van der Waals surface area contributed by atoms with Crippen LogP contribution in [0, 0.1) is 0 Å². The molecule has 0 atom stereocenters. The van der Waals surface area contributed by atoms with E-state index in [0.29, 0.717) is 9.75 Å². The molecule has 0 spiro atoms. The third-order valence-electron chi connectivity index (χ3n) is 0.981. The van der Waals surface area contributed by atoms with Gasteiger partial charge in [0.05, 0.1) is 0 Å². The Bertz CT molecular complexity index is 164. The van der Waals surface area contributed by atoms with Crippen LogP contribution >= 0.6 is 11.3 Å². The van der Waals surface area contributed by atoms with E-state index in [4.69, 9.17) is 0 Å². The molecule has 0 amide bonds. The van der Waals surface area contributed by atoms with Crippen LogP contribution in [0.3, 0.4) is 0 Å². The van der Waals surface area contributed by atoms with Gasteiger partial charge in [-0.25, -0.2) is 8.78 Å². The molecule has 0 nitrogen and oxygen atoms in total. The van der Waals surface area contributed by atoms with E-state index in [2.05, 4.69) is 0 Å². The number of alkyl halides is 2. The van der Waals surface area contributed by atoms with Crippen LogP contribution in [0.1, 0.15) is 9.75 Å². The molecule has 0 bridgehead atoms. The lowest BCUT2D eigenvalue weighted by molar-refractivity contribution is 0.490. The molecule has 9 heavy (non-hydrogen) atoms. The minimum absolute atomic E-state index is 0.481. The van der Waals surface area contributed by atoms with Crippen LogP contribution in [0.15, 0.2) is 12.1 Å². The van der Waals surface area contributed by atoms with Crippen LogP contribution < -0.4 is 0 Å². The highest BCUT2D eigenvalue weighted by Gasteiger charge is 1.96. The molecule has 0 fully saturated rings. The van der Waals surface area contributed by atoms with Gasteiger partial charge in [0.2, 0.25) is 0 Å². The van der Waals surface area contributed by atoms with Crippen molar-refractivity contribution in [1.29, 1.82) is 0 Å². The molecule has 1 heterocycles.